The van der Waals surface area contributed by atoms with Crippen LogP contribution in [0.4, 0.5) is 5.82 Å². The monoisotopic (exact) mass is 456 g/mol. The maximum atomic E-state index is 12.9. The number of aryl methyl sites for hydroxylation is 1. The van der Waals surface area contributed by atoms with Gasteiger partial charge >= 0.3 is 0 Å². The molecule has 2 aromatic carbocycles. The van der Waals surface area contributed by atoms with Gasteiger partial charge in [0, 0.05) is 62.0 Å². The van der Waals surface area contributed by atoms with Crippen molar-refractivity contribution in [1.82, 2.24) is 14.5 Å². The number of para-hydroxylation sites is 1. The van der Waals surface area contributed by atoms with Crippen molar-refractivity contribution in [2.24, 2.45) is 7.05 Å². The number of aromatic nitrogens is 2. The van der Waals surface area contributed by atoms with E-state index < -0.39 is 0 Å². The number of benzene rings is 2. The van der Waals surface area contributed by atoms with Gasteiger partial charge in [-0.05, 0) is 36.4 Å². The summed E-state index contributed by atoms with van der Waals surface area (Å²) in [6, 6.07) is 20.0. The number of carbonyl (C=O) groups is 1. The first-order valence-corrected chi connectivity index (χ1v) is 11.4. The second kappa shape index (κ2) is 9.09. The van der Waals surface area contributed by atoms with Crippen LogP contribution >= 0.6 is 0 Å². The lowest BCUT2D eigenvalue weighted by Gasteiger charge is -2.35. The van der Waals surface area contributed by atoms with Gasteiger partial charge in [-0.2, -0.15) is 0 Å². The molecule has 1 saturated heterocycles. The lowest BCUT2D eigenvalue weighted by Crippen LogP contribution is -2.49. The number of amides is 1. The third kappa shape index (κ3) is 3.94. The molecular weight excluding hydrogens is 428 g/mol. The first kappa shape index (κ1) is 21.8. The molecule has 4 aromatic rings. The summed E-state index contributed by atoms with van der Waals surface area (Å²) in [5.41, 5.74) is 3.62. The van der Waals surface area contributed by atoms with Crippen molar-refractivity contribution < 1.29 is 14.3 Å². The third-order valence-electron chi connectivity index (χ3n) is 6.46. The van der Waals surface area contributed by atoms with E-state index in [1.165, 1.54) is 0 Å². The van der Waals surface area contributed by atoms with Gasteiger partial charge < -0.3 is 23.8 Å². The smallest absolute Gasteiger partial charge is 0.270 e. The van der Waals surface area contributed by atoms with Crippen LogP contribution in [0.2, 0.25) is 0 Å². The zero-order valence-corrected chi connectivity index (χ0v) is 19.7. The molecule has 174 valence electrons. The summed E-state index contributed by atoms with van der Waals surface area (Å²) in [6.07, 6.45) is 1.90. The minimum Gasteiger partial charge on any atom is -0.497 e. The highest BCUT2D eigenvalue weighted by molar-refractivity contribution is 5.96. The minimum atomic E-state index is 0.0764. The third-order valence-corrected chi connectivity index (χ3v) is 6.46. The lowest BCUT2D eigenvalue weighted by molar-refractivity contribution is 0.0737. The quantitative estimate of drug-likeness (QED) is 0.450. The molecule has 1 aliphatic rings. The van der Waals surface area contributed by atoms with Crippen molar-refractivity contribution in [1.29, 1.82) is 0 Å². The molecule has 0 bridgehead atoms. The number of methoxy groups -OCH3 is 2. The number of hydrogen-bond donors (Lipinski definition) is 0. The van der Waals surface area contributed by atoms with E-state index in [1.54, 1.807) is 14.2 Å². The van der Waals surface area contributed by atoms with Gasteiger partial charge in [-0.25, -0.2) is 4.98 Å². The first-order chi connectivity index (χ1) is 16.6. The molecule has 1 fully saturated rings. The van der Waals surface area contributed by atoms with Crippen LogP contribution in [0, 0.1) is 0 Å². The highest BCUT2D eigenvalue weighted by Gasteiger charge is 2.24. The topological polar surface area (TPSA) is 59.8 Å². The van der Waals surface area contributed by atoms with E-state index >= 15 is 0 Å². The fourth-order valence-electron chi connectivity index (χ4n) is 4.54. The molecule has 0 atom stereocenters. The number of nitrogens with zero attached hydrogens (tertiary/aromatic N) is 4. The molecule has 2 aromatic heterocycles. The SMILES string of the molecule is COc1ccc(-c2cccc3ccc(N4CCN(C(=O)c5cccn5C)CC4)nc23)c(OC)c1. The Hall–Kier alpha value is -4.00. The second-order valence-corrected chi connectivity index (χ2v) is 8.40. The van der Waals surface area contributed by atoms with Gasteiger partial charge in [-0.3, -0.25) is 4.79 Å². The molecule has 5 rings (SSSR count). The van der Waals surface area contributed by atoms with E-state index in [2.05, 4.69) is 29.2 Å². The Labute approximate surface area is 199 Å². The summed E-state index contributed by atoms with van der Waals surface area (Å²) < 4.78 is 12.9. The summed E-state index contributed by atoms with van der Waals surface area (Å²) in [5, 5.41) is 1.07. The Morgan fingerprint density at radius 2 is 1.71 bits per heavy atom. The van der Waals surface area contributed by atoms with E-state index in [4.69, 9.17) is 14.5 Å². The summed E-state index contributed by atoms with van der Waals surface area (Å²) in [5.74, 6) is 2.48. The van der Waals surface area contributed by atoms with Gasteiger partial charge in [0.2, 0.25) is 0 Å². The zero-order chi connectivity index (χ0) is 23.7. The zero-order valence-electron chi connectivity index (χ0n) is 19.7. The maximum absolute atomic E-state index is 12.9. The molecule has 0 spiro atoms. The Balaban J connectivity index is 1.42. The highest BCUT2D eigenvalue weighted by Crippen LogP contribution is 2.37. The first-order valence-electron chi connectivity index (χ1n) is 11.4. The average molecular weight is 457 g/mol. The number of pyridine rings is 1. The van der Waals surface area contributed by atoms with Crippen LogP contribution in [0.1, 0.15) is 10.5 Å². The molecule has 0 N–H and O–H groups in total. The molecule has 3 heterocycles. The van der Waals surface area contributed by atoms with Crippen LogP contribution in [-0.2, 0) is 7.05 Å². The average Bonchev–Trinajstić information content (AvgIpc) is 3.33. The molecule has 0 saturated carbocycles. The van der Waals surface area contributed by atoms with Crippen LogP contribution in [0.3, 0.4) is 0 Å². The molecule has 1 amide bonds. The van der Waals surface area contributed by atoms with E-state index in [9.17, 15) is 4.79 Å². The summed E-state index contributed by atoms with van der Waals surface area (Å²) >= 11 is 0. The van der Waals surface area contributed by atoms with Crippen molar-refractivity contribution in [2.45, 2.75) is 0 Å². The van der Waals surface area contributed by atoms with Crippen LogP contribution in [-0.4, -0.2) is 60.8 Å². The van der Waals surface area contributed by atoms with Gasteiger partial charge in [0.05, 0.1) is 19.7 Å². The summed E-state index contributed by atoms with van der Waals surface area (Å²) in [4.78, 5) is 22.1. The fraction of sp³-hybridized carbons (Fsp3) is 0.259. The molecule has 7 heteroatoms. The Morgan fingerprint density at radius 1 is 0.882 bits per heavy atom. The Kier molecular flexibility index (Phi) is 5.84. The van der Waals surface area contributed by atoms with Crippen molar-refractivity contribution in [3.8, 4) is 22.6 Å². The number of hydrogen-bond acceptors (Lipinski definition) is 5. The normalized spacial score (nSPS) is 13.9. The minimum absolute atomic E-state index is 0.0764. The molecule has 0 aliphatic carbocycles. The standard InChI is InChI=1S/C27H28N4O3/c1-29-13-5-8-23(29)27(32)31-16-14-30(15-17-31)25-12-9-19-6-4-7-22(26(19)28-25)21-11-10-20(33-2)18-24(21)34-3/h4-13,18H,14-17H2,1-3H3. The van der Waals surface area contributed by atoms with E-state index in [0.29, 0.717) is 13.1 Å². The molecule has 0 radical (unpaired) electrons. The van der Waals surface area contributed by atoms with Crippen molar-refractivity contribution in [3.63, 3.8) is 0 Å². The van der Waals surface area contributed by atoms with Crippen LogP contribution < -0.4 is 14.4 Å². The number of ether oxygens (including phenoxy) is 2. The van der Waals surface area contributed by atoms with Gasteiger partial charge in [-0.15, -0.1) is 0 Å². The number of fused-ring (bicyclic) bond motifs is 1. The number of carbonyl (C=O) groups excluding carboxylic acids is 1. The van der Waals surface area contributed by atoms with Crippen LogP contribution in [0.15, 0.2) is 66.9 Å². The van der Waals surface area contributed by atoms with Gasteiger partial charge in [0.15, 0.2) is 0 Å². The predicted octanol–water partition coefficient (Wildman–Crippen LogP) is 4.22. The molecule has 34 heavy (non-hydrogen) atoms. The number of anilines is 1. The van der Waals surface area contributed by atoms with Crippen molar-refractivity contribution in [2.75, 3.05) is 45.3 Å². The fourth-order valence-corrected chi connectivity index (χ4v) is 4.54. The summed E-state index contributed by atoms with van der Waals surface area (Å²) in [7, 11) is 5.21. The van der Waals surface area contributed by atoms with Crippen molar-refractivity contribution >= 4 is 22.6 Å². The Morgan fingerprint density at radius 3 is 2.41 bits per heavy atom. The second-order valence-electron chi connectivity index (χ2n) is 8.40. The largest absolute Gasteiger partial charge is 0.497 e. The molecular formula is C27H28N4O3. The van der Waals surface area contributed by atoms with E-state index in [0.717, 1.165) is 58.1 Å². The molecule has 7 nitrogen and oxygen atoms in total. The van der Waals surface area contributed by atoms with Gasteiger partial charge in [-0.1, -0.05) is 18.2 Å². The summed E-state index contributed by atoms with van der Waals surface area (Å²) in [6.45, 7) is 2.81. The number of piperazine rings is 1. The number of rotatable bonds is 5. The predicted molar refractivity (Wildman–Crippen MR) is 134 cm³/mol. The van der Waals surface area contributed by atoms with Crippen LogP contribution in [0.25, 0.3) is 22.0 Å². The van der Waals surface area contributed by atoms with E-state index in [-0.39, 0.29) is 5.91 Å². The van der Waals surface area contributed by atoms with Gasteiger partial charge in [0.25, 0.3) is 5.91 Å². The Bertz CT molecular complexity index is 1340. The highest BCUT2D eigenvalue weighted by atomic mass is 16.5. The maximum Gasteiger partial charge on any atom is 0.270 e. The van der Waals surface area contributed by atoms with Gasteiger partial charge in [0.1, 0.15) is 23.0 Å². The molecule has 0 unspecified atom stereocenters. The lowest BCUT2D eigenvalue weighted by atomic mass is 10.0. The van der Waals surface area contributed by atoms with E-state index in [1.807, 2.05) is 59.1 Å². The van der Waals surface area contributed by atoms with Crippen molar-refractivity contribution in [3.05, 3.63) is 72.6 Å². The van der Waals surface area contributed by atoms with Crippen LogP contribution in [0.5, 0.6) is 11.5 Å². The molecule has 1 aliphatic heterocycles.